The van der Waals surface area contributed by atoms with Crippen molar-refractivity contribution in [1.29, 1.82) is 0 Å². The smallest absolute Gasteiger partial charge is 0.141 e. The third kappa shape index (κ3) is 1.88. The maximum atomic E-state index is 4.65. The van der Waals surface area contributed by atoms with Crippen LogP contribution in [0.25, 0.3) is 5.65 Å². The minimum atomic E-state index is 0.479. The van der Waals surface area contributed by atoms with Gasteiger partial charge in [0.1, 0.15) is 5.65 Å². The zero-order valence-corrected chi connectivity index (χ0v) is 9.49. The van der Waals surface area contributed by atoms with Crippen LogP contribution in [-0.4, -0.2) is 16.4 Å². The number of hydrogen-bond donors (Lipinski definition) is 1. The Kier molecular flexibility index (Phi) is 2.73. The lowest BCUT2D eigenvalue weighted by Gasteiger charge is -2.01. The van der Waals surface area contributed by atoms with E-state index in [1.54, 1.807) is 0 Å². The average Bonchev–Trinajstić information content (AvgIpc) is 2.63. The van der Waals surface area contributed by atoms with Gasteiger partial charge in [-0.05, 0) is 19.0 Å². The largest absolute Gasteiger partial charge is 0.316 e. The molecule has 0 saturated carbocycles. The lowest BCUT2D eigenvalue weighted by Crippen LogP contribution is -2.06. The van der Waals surface area contributed by atoms with Gasteiger partial charge in [0.25, 0.3) is 0 Å². The molecule has 0 aromatic carbocycles. The van der Waals surface area contributed by atoms with E-state index in [9.17, 15) is 0 Å². The minimum absolute atomic E-state index is 0.479. The quantitative estimate of drug-likeness (QED) is 0.828. The van der Waals surface area contributed by atoms with Crippen LogP contribution in [0.4, 0.5) is 0 Å². The van der Waals surface area contributed by atoms with Gasteiger partial charge >= 0.3 is 0 Å². The molecule has 0 aliphatic carbocycles. The molecule has 3 nitrogen and oxygen atoms in total. The fourth-order valence-corrected chi connectivity index (χ4v) is 1.70. The monoisotopic (exact) mass is 203 g/mol. The molecule has 0 radical (unpaired) electrons. The van der Waals surface area contributed by atoms with Crippen LogP contribution in [0.2, 0.25) is 0 Å². The van der Waals surface area contributed by atoms with Gasteiger partial charge in [0.2, 0.25) is 0 Å². The Morgan fingerprint density at radius 1 is 1.47 bits per heavy atom. The molecule has 1 N–H and O–H groups in total. The number of nitrogens with one attached hydrogen (secondary N) is 1. The summed E-state index contributed by atoms with van der Waals surface area (Å²) in [5.74, 6) is 0.479. The highest BCUT2D eigenvalue weighted by Gasteiger charge is 2.07. The first-order valence-electron chi connectivity index (χ1n) is 5.33. The molecule has 0 saturated heterocycles. The predicted octanol–water partition coefficient (Wildman–Crippen LogP) is 2.18. The molecule has 0 fully saturated rings. The zero-order valence-electron chi connectivity index (χ0n) is 9.49. The first-order chi connectivity index (χ1) is 7.22. The van der Waals surface area contributed by atoms with Crippen LogP contribution < -0.4 is 5.32 Å². The molecule has 2 aromatic rings. The van der Waals surface area contributed by atoms with Gasteiger partial charge in [-0.1, -0.05) is 19.9 Å². The molecule has 0 unspecified atom stereocenters. The Hall–Kier alpha value is -1.35. The van der Waals surface area contributed by atoms with Crippen LogP contribution in [0.5, 0.6) is 0 Å². The number of hydrogen-bond acceptors (Lipinski definition) is 2. The van der Waals surface area contributed by atoms with Gasteiger partial charge in [-0.3, -0.25) is 0 Å². The summed E-state index contributed by atoms with van der Waals surface area (Å²) in [6.45, 7) is 5.19. The Bertz CT molecular complexity index is 457. The van der Waals surface area contributed by atoms with Crippen molar-refractivity contribution in [2.45, 2.75) is 26.3 Å². The lowest BCUT2D eigenvalue weighted by atomic mass is 10.2. The highest BCUT2D eigenvalue weighted by Crippen LogP contribution is 2.16. The van der Waals surface area contributed by atoms with E-state index in [1.807, 2.05) is 13.2 Å². The van der Waals surface area contributed by atoms with E-state index in [0.29, 0.717) is 5.92 Å². The number of aromatic nitrogens is 2. The predicted molar refractivity (Wildman–Crippen MR) is 62.0 cm³/mol. The van der Waals surface area contributed by atoms with E-state index in [1.165, 1.54) is 5.56 Å². The van der Waals surface area contributed by atoms with E-state index in [-0.39, 0.29) is 0 Å². The van der Waals surface area contributed by atoms with Crippen molar-refractivity contribution >= 4 is 5.65 Å². The van der Waals surface area contributed by atoms with Gasteiger partial charge in [-0.2, -0.15) is 0 Å². The molecular weight excluding hydrogens is 186 g/mol. The van der Waals surface area contributed by atoms with Crippen LogP contribution in [0, 0.1) is 0 Å². The molecule has 0 aliphatic heterocycles. The van der Waals surface area contributed by atoms with Crippen LogP contribution in [0.15, 0.2) is 24.5 Å². The number of pyridine rings is 1. The van der Waals surface area contributed by atoms with E-state index < -0.39 is 0 Å². The summed E-state index contributed by atoms with van der Waals surface area (Å²) in [6, 6.07) is 4.18. The molecule has 2 rings (SSSR count). The second-order valence-corrected chi connectivity index (χ2v) is 4.12. The van der Waals surface area contributed by atoms with Crippen LogP contribution in [0.3, 0.4) is 0 Å². The van der Waals surface area contributed by atoms with Crippen molar-refractivity contribution in [2.24, 2.45) is 0 Å². The van der Waals surface area contributed by atoms with E-state index >= 15 is 0 Å². The standard InChI is InChI=1S/C12H17N3/c1-9(2)11-8-15-6-4-5-10(7-13-3)12(15)14-11/h4-6,8-9,13H,7H2,1-3H3. The van der Waals surface area contributed by atoms with E-state index in [2.05, 4.69) is 46.9 Å². The van der Waals surface area contributed by atoms with Crippen LogP contribution >= 0.6 is 0 Å². The maximum Gasteiger partial charge on any atom is 0.141 e. The summed E-state index contributed by atoms with van der Waals surface area (Å²) in [6.07, 6.45) is 4.16. The average molecular weight is 203 g/mol. The van der Waals surface area contributed by atoms with Crippen LogP contribution in [-0.2, 0) is 6.54 Å². The highest BCUT2D eigenvalue weighted by molar-refractivity contribution is 5.49. The van der Waals surface area contributed by atoms with Gasteiger partial charge in [-0.15, -0.1) is 0 Å². The summed E-state index contributed by atoms with van der Waals surface area (Å²) >= 11 is 0. The third-order valence-electron chi connectivity index (χ3n) is 2.54. The maximum absolute atomic E-state index is 4.65. The first-order valence-corrected chi connectivity index (χ1v) is 5.33. The van der Waals surface area contributed by atoms with E-state index in [4.69, 9.17) is 0 Å². The fourth-order valence-electron chi connectivity index (χ4n) is 1.70. The van der Waals surface area contributed by atoms with Crippen molar-refractivity contribution in [3.8, 4) is 0 Å². The summed E-state index contributed by atoms with van der Waals surface area (Å²) in [7, 11) is 1.95. The fraction of sp³-hybridized carbons (Fsp3) is 0.417. The van der Waals surface area contributed by atoms with E-state index in [0.717, 1.165) is 17.9 Å². The molecule has 2 aromatic heterocycles. The summed E-state index contributed by atoms with van der Waals surface area (Å²) in [4.78, 5) is 4.65. The Morgan fingerprint density at radius 2 is 2.27 bits per heavy atom. The summed E-state index contributed by atoms with van der Waals surface area (Å²) in [5, 5.41) is 3.16. The Morgan fingerprint density at radius 3 is 2.93 bits per heavy atom. The van der Waals surface area contributed by atoms with Crippen molar-refractivity contribution in [2.75, 3.05) is 7.05 Å². The molecule has 2 heterocycles. The van der Waals surface area contributed by atoms with Crippen molar-refractivity contribution in [3.63, 3.8) is 0 Å². The molecule has 0 amide bonds. The molecule has 3 heteroatoms. The molecule has 15 heavy (non-hydrogen) atoms. The molecule has 0 spiro atoms. The topological polar surface area (TPSA) is 29.3 Å². The van der Waals surface area contributed by atoms with Gasteiger partial charge < -0.3 is 9.72 Å². The molecule has 0 aliphatic rings. The Labute approximate surface area is 90.1 Å². The molecule has 80 valence electrons. The third-order valence-corrected chi connectivity index (χ3v) is 2.54. The second-order valence-electron chi connectivity index (χ2n) is 4.12. The summed E-state index contributed by atoms with van der Waals surface area (Å²) in [5.41, 5.74) is 3.46. The molecule has 0 bridgehead atoms. The van der Waals surface area contributed by atoms with Crippen molar-refractivity contribution in [3.05, 3.63) is 35.8 Å². The van der Waals surface area contributed by atoms with Gasteiger partial charge in [0.15, 0.2) is 0 Å². The second kappa shape index (κ2) is 4.03. The Balaban J connectivity index is 2.54. The molecule has 0 atom stereocenters. The SMILES string of the molecule is CNCc1cccn2cc(C(C)C)nc12. The van der Waals surface area contributed by atoms with Crippen LogP contribution in [0.1, 0.15) is 31.0 Å². The minimum Gasteiger partial charge on any atom is -0.316 e. The van der Waals surface area contributed by atoms with Crippen molar-refractivity contribution < 1.29 is 0 Å². The van der Waals surface area contributed by atoms with Gasteiger partial charge in [0.05, 0.1) is 5.69 Å². The first kappa shape index (κ1) is 10.2. The highest BCUT2D eigenvalue weighted by atomic mass is 15.0. The van der Waals surface area contributed by atoms with Crippen molar-refractivity contribution in [1.82, 2.24) is 14.7 Å². The van der Waals surface area contributed by atoms with Gasteiger partial charge in [0, 0.05) is 24.5 Å². The number of nitrogens with zero attached hydrogens (tertiary/aromatic N) is 2. The summed E-state index contributed by atoms with van der Waals surface area (Å²) < 4.78 is 2.10. The molecular formula is C12H17N3. The number of imidazole rings is 1. The van der Waals surface area contributed by atoms with Gasteiger partial charge in [-0.25, -0.2) is 4.98 Å². The number of rotatable bonds is 3. The lowest BCUT2D eigenvalue weighted by molar-refractivity contribution is 0.814. The zero-order chi connectivity index (χ0) is 10.8. The normalized spacial score (nSPS) is 11.5. The number of fused-ring (bicyclic) bond motifs is 1.